The molecule has 2 N–H and O–H groups in total. The first-order chi connectivity index (χ1) is 5.61. The number of halogens is 2. The summed E-state index contributed by atoms with van der Waals surface area (Å²) in [5.74, 6) is 0. The summed E-state index contributed by atoms with van der Waals surface area (Å²) in [5, 5.41) is 14.0. The van der Waals surface area contributed by atoms with E-state index in [-0.39, 0.29) is 0 Å². The fraction of sp³-hybridized carbons (Fsp3) is 0.600. The lowest BCUT2D eigenvalue weighted by Crippen LogP contribution is -2.28. The number of aromatic nitrogens is 3. The Morgan fingerprint density at radius 2 is 2.42 bits per heavy atom. The lowest BCUT2D eigenvalue weighted by Gasteiger charge is -2.07. The summed E-state index contributed by atoms with van der Waals surface area (Å²) in [6.45, 7) is -0.451. The van der Waals surface area contributed by atoms with Crippen LogP contribution in [0.15, 0.2) is 11.1 Å². The molecule has 7 heteroatoms. The van der Waals surface area contributed by atoms with E-state index in [1.165, 1.54) is 0 Å². The molecule has 12 heavy (non-hydrogen) atoms. The van der Waals surface area contributed by atoms with Gasteiger partial charge in [-0.1, -0.05) is 0 Å². The van der Waals surface area contributed by atoms with Gasteiger partial charge in [0, 0.05) is 0 Å². The van der Waals surface area contributed by atoms with Gasteiger partial charge in [0.15, 0.2) is 0 Å². The van der Waals surface area contributed by atoms with E-state index < -0.39 is 24.8 Å². The summed E-state index contributed by atoms with van der Waals surface area (Å²) in [6.07, 6.45) is -3.64. The van der Waals surface area contributed by atoms with Crippen LogP contribution in [-0.2, 0) is 6.54 Å². The molecule has 0 spiro atoms. The number of rotatable bonds is 3. The van der Waals surface area contributed by atoms with Crippen LogP contribution in [0.4, 0.5) is 8.78 Å². The number of aliphatic hydroxyl groups excluding tert-OH is 1. The highest BCUT2D eigenvalue weighted by Gasteiger charge is 2.17. The molecular weight excluding hydrogens is 172 g/mol. The quantitative estimate of drug-likeness (QED) is 0.638. The van der Waals surface area contributed by atoms with Gasteiger partial charge in [0.1, 0.15) is 12.4 Å². The molecule has 0 aliphatic carbocycles. The number of hydrogen-bond donors (Lipinski definition) is 2. The van der Waals surface area contributed by atoms with E-state index >= 15 is 0 Å². The van der Waals surface area contributed by atoms with Crippen LogP contribution in [0.1, 0.15) is 0 Å². The molecule has 1 heterocycles. The minimum absolute atomic E-state index is 0.451. The summed E-state index contributed by atoms with van der Waals surface area (Å²) in [5.41, 5.74) is -0.616. The summed E-state index contributed by atoms with van der Waals surface area (Å²) >= 11 is 0. The topological polar surface area (TPSA) is 70.9 Å². The van der Waals surface area contributed by atoms with E-state index in [9.17, 15) is 13.6 Å². The van der Waals surface area contributed by atoms with Gasteiger partial charge in [-0.15, -0.1) is 0 Å². The van der Waals surface area contributed by atoms with Crippen molar-refractivity contribution >= 4 is 0 Å². The molecule has 0 aliphatic rings. The van der Waals surface area contributed by atoms with Gasteiger partial charge >= 0.3 is 5.69 Å². The van der Waals surface area contributed by atoms with E-state index in [4.69, 9.17) is 5.11 Å². The SMILES string of the molecule is O=c1[nH]ncn1CC(O)C(F)F. The summed E-state index contributed by atoms with van der Waals surface area (Å²) in [7, 11) is 0. The molecule has 1 aromatic rings. The zero-order chi connectivity index (χ0) is 9.14. The smallest absolute Gasteiger partial charge is 0.343 e. The molecular formula is C5H7F2N3O2. The normalized spacial score (nSPS) is 13.7. The predicted molar refractivity (Wildman–Crippen MR) is 34.9 cm³/mol. The Bertz CT molecular complexity index is 295. The fourth-order valence-corrected chi connectivity index (χ4v) is 0.682. The molecule has 0 saturated heterocycles. The minimum atomic E-state index is -2.85. The van der Waals surface area contributed by atoms with Crippen molar-refractivity contribution in [1.82, 2.24) is 14.8 Å². The minimum Gasteiger partial charge on any atom is -0.385 e. The van der Waals surface area contributed by atoms with E-state index in [0.717, 1.165) is 10.9 Å². The molecule has 0 fully saturated rings. The van der Waals surface area contributed by atoms with Gasteiger partial charge in [0.05, 0.1) is 6.54 Å². The van der Waals surface area contributed by atoms with Gasteiger partial charge < -0.3 is 5.11 Å². The van der Waals surface area contributed by atoms with Crippen molar-refractivity contribution in [2.24, 2.45) is 0 Å². The Morgan fingerprint density at radius 1 is 1.75 bits per heavy atom. The van der Waals surface area contributed by atoms with Gasteiger partial charge in [0.2, 0.25) is 0 Å². The second-order valence-electron chi connectivity index (χ2n) is 2.22. The van der Waals surface area contributed by atoms with Crippen molar-refractivity contribution in [1.29, 1.82) is 0 Å². The monoisotopic (exact) mass is 179 g/mol. The predicted octanol–water partition coefficient (Wildman–Crippen LogP) is -0.803. The molecule has 0 radical (unpaired) electrons. The zero-order valence-corrected chi connectivity index (χ0v) is 5.94. The third-order valence-electron chi connectivity index (χ3n) is 1.29. The van der Waals surface area contributed by atoms with Crippen LogP contribution in [0, 0.1) is 0 Å². The van der Waals surface area contributed by atoms with Crippen LogP contribution in [0.5, 0.6) is 0 Å². The van der Waals surface area contributed by atoms with Crippen LogP contribution < -0.4 is 5.69 Å². The van der Waals surface area contributed by atoms with E-state index in [2.05, 4.69) is 5.10 Å². The Labute approximate surface area is 65.6 Å². The van der Waals surface area contributed by atoms with Crippen LogP contribution in [-0.4, -0.2) is 32.4 Å². The van der Waals surface area contributed by atoms with Gasteiger partial charge in [-0.05, 0) is 0 Å². The highest BCUT2D eigenvalue weighted by atomic mass is 19.3. The number of hydrogen-bond acceptors (Lipinski definition) is 3. The number of nitrogens with zero attached hydrogens (tertiary/aromatic N) is 2. The third kappa shape index (κ3) is 1.88. The number of H-pyrrole nitrogens is 1. The highest BCUT2D eigenvalue weighted by molar-refractivity contribution is 4.67. The molecule has 68 valence electrons. The zero-order valence-electron chi connectivity index (χ0n) is 5.94. The lowest BCUT2D eigenvalue weighted by atomic mass is 10.4. The fourth-order valence-electron chi connectivity index (χ4n) is 0.682. The first-order valence-corrected chi connectivity index (χ1v) is 3.17. The number of alkyl halides is 2. The maximum atomic E-state index is 11.8. The van der Waals surface area contributed by atoms with Gasteiger partial charge in [-0.25, -0.2) is 18.7 Å². The molecule has 0 aromatic carbocycles. The molecule has 0 saturated carbocycles. The third-order valence-corrected chi connectivity index (χ3v) is 1.29. The first kappa shape index (κ1) is 8.85. The van der Waals surface area contributed by atoms with Crippen molar-refractivity contribution in [2.75, 3.05) is 0 Å². The Hall–Kier alpha value is -1.24. The average Bonchev–Trinajstić information content (AvgIpc) is 2.36. The second kappa shape index (κ2) is 3.44. The van der Waals surface area contributed by atoms with Crippen molar-refractivity contribution in [3.8, 4) is 0 Å². The highest BCUT2D eigenvalue weighted by Crippen LogP contribution is 2.01. The van der Waals surface area contributed by atoms with Gasteiger partial charge in [-0.2, -0.15) is 5.10 Å². The molecule has 1 aromatic heterocycles. The maximum Gasteiger partial charge on any atom is 0.343 e. The molecule has 0 amide bonds. The van der Waals surface area contributed by atoms with Crippen molar-refractivity contribution in [2.45, 2.75) is 19.1 Å². The Kier molecular flexibility index (Phi) is 2.54. The first-order valence-electron chi connectivity index (χ1n) is 3.17. The molecule has 0 aliphatic heterocycles. The molecule has 0 bridgehead atoms. The summed E-state index contributed by atoms with van der Waals surface area (Å²) < 4.78 is 24.4. The van der Waals surface area contributed by atoms with Crippen LogP contribution >= 0.6 is 0 Å². The molecule has 1 rings (SSSR count). The van der Waals surface area contributed by atoms with Crippen molar-refractivity contribution in [3.63, 3.8) is 0 Å². The van der Waals surface area contributed by atoms with Crippen LogP contribution in [0.3, 0.4) is 0 Å². The van der Waals surface area contributed by atoms with Gasteiger partial charge in [0.25, 0.3) is 6.43 Å². The van der Waals surface area contributed by atoms with E-state index in [1.54, 1.807) is 0 Å². The van der Waals surface area contributed by atoms with E-state index in [1.807, 2.05) is 5.10 Å². The molecule has 5 nitrogen and oxygen atoms in total. The molecule has 1 unspecified atom stereocenters. The van der Waals surface area contributed by atoms with Crippen LogP contribution in [0.2, 0.25) is 0 Å². The standard InChI is InChI=1S/C5H7F2N3O2/c6-4(7)3(11)1-10-2-8-9-5(10)12/h2-4,11H,1H2,(H,9,12). The second-order valence-corrected chi connectivity index (χ2v) is 2.22. The van der Waals surface area contributed by atoms with E-state index in [0.29, 0.717) is 0 Å². The summed E-state index contributed by atoms with van der Waals surface area (Å²) in [4.78, 5) is 10.7. The average molecular weight is 179 g/mol. The van der Waals surface area contributed by atoms with Crippen LogP contribution in [0.25, 0.3) is 0 Å². The Balaban J connectivity index is 2.64. The molecule has 1 atom stereocenters. The number of aliphatic hydroxyl groups is 1. The maximum absolute atomic E-state index is 11.8. The largest absolute Gasteiger partial charge is 0.385 e. The summed E-state index contributed by atoms with van der Waals surface area (Å²) in [6, 6.07) is 0. The van der Waals surface area contributed by atoms with Crippen molar-refractivity contribution < 1.29 is 13.9 Å². The number of aromatic amines is 1. The van der Waals surface area contributed by atoms with Gasteiger partial charge in [-0.3, -0.25) is 4.57 Å². The Morgan fingerprint density at radius 3 is 2.83 bits per heavy atom. The lowest BCUT2D eigenvalue weighted by molar-refractivity contribution is -0.0140. The van der Waals surface area contributed by atoms with Crippen molar-refractivity contribution in [3.05, 3.63) is 16.8 Å². The number of nitrogens with one attached hydrogen (secondary N) is 1.